The number of aliphatic hydroxyl groups is 4. The molecule has 0 bridgehead atoms. The summed E-state index contributed by atoms with van der Waals surface area (Å²) < 4.78 is 79.3. The zero-order chi connectivity index (χ0) is 98.8. The highest BCUT2D eigenvalue weighted by atomic mass is 28.4. The number of aliphatic hydroxyl groups excluding tert-OH is 4. The predicted octanol–water partition coefficient (Wildman–Crippen LogP) is 11.3. The van der Waals surface area contributed by atoms with Crippen molar-refractivity contribution in [1.82, 2.24) is 39.2 Å². The van der Waals surface area contributed by atoms with Crippen molar-refractivity contribution in [2.24, 2.45) is 4.66 Å². The van der Waals surface area contributed by atoms with Crippen LogP contribution in [0.4, 0.5) is 0 Å². The van der Waals surface area contributed by atoms with Gasteiger partial charge in [0.1, 0.15) is 49.8 Å². The summed E-state index contributed by atoms with van der Waals surface area (Å²) in [5.41, 5.74) is 14.6. The summed E-state index contributed by atoms with van der Waals surface area (Å²) in [5.74, 6) is -5.46. The van der Waals surface area contributed by atoms with Gasteiger partial charge in [-0.3, -0.25) is 52.9 Å². The molecule has 5 N–H and O–H groups in total. The Bertz CT molecular complexity index is 5010. The maximum absolute atomic E-state index is 12.0. The Labute approximate surface area is 781 Å². The Morgan fingerprint density at radius 1 is 0.376 bits per heavy atom. The zero-order valence-electron chi connectivity index (χ0n) is 80.6. The fourth-order valence-corrected chi connectivity index (χ4v) is 17.0. The van der Waals surface area contributed by atoms with Crippen molar-refractivity contribution < 1.29 is 125 Å². The second kappa shape index (κ2) is 53.0. The molecule has 0 amide bonds. The summed E-state index contributed by atoms with van der Waals surface area (Å²) in [6.45, 7) is 39.8. The summed E-state index contributed by atoms with van der Waals surface area (Å²) in [5, 5.41) is 59.0. The van der Waals surface area contributed by atoms with Gasteiger partial charge in [0.05, 0.1) is 31.4 Å². The molecule has 8 aromatic rings. The Morgan fingerprint density at radius 2 is 0.714 bits per heavy atom. The first kappa shape index (κ1) is 111. The van der Waals surface area contributed by atoms with E-state index in [1.54, 1.807) is 24.8 Å². The SMILES string of the molecule is CC(=N[Si](C)(C)C)O[Si](C)(C)C.CC(=O)OC[C@H]1O[C@@H](OC(C)=O)[C@H](OC(C)=O)[C@@H](OC(C)=O)[C@@H]1OC(C)=O.CCc1ccc(Cc2cn[nH]c2)cc1.CCc1ccc(Cc2cnn(C3O[C@H](CO)[C@@H](O)[C@H](O)[C@H]3O)c2)cc1.CCc1ccc(Cc2cnn(C3O[C@H](COC(C)=O)[C@@H](OC(C)=O)[C@H](OC(C)=O)[C@H]3OC(C)=O)c2)cc1.CCc1ccc(Cc2cnn([Si](C)(C)C)c2)cc1. The van der Waals surface area contributed by atoms with Gasteiger partial charge in [0.25, 0.3) is 0 Å². The first-order valence-corrected chi connectivity index (χ1v) is 54.6. The van der Waals surface area contributed by atoms with Crippen LogP contribution in [0.2, 0.25) is 58.9 Å². The topological polar surface area (TPSA) is 449 Å². The Kier molecular flexibility index (Phi) is 44.1. The lowest BCUT2D eigenvalue weighted by Crippen LogP contribution is -2.63. The van der Waals surface area contributed by atoms with E-state index in [1.807, 2.05) is 37.6 Å². The number of hydrogen-bond donors (Lipinski definition) is 5. The van der Waals surface area contributed by atoms with Crippen molar-refractivity contribution in [2.45, 2.75) is 299 Å². The molecule has 3 aliphatic rings. The Balaban J connectivity index is 0.000000255. The maximum Gasteiger partial charge on any atom is 0.305 e. The Hall–Kier alpha value is -11.2. The summed E-state index contributed by atoms with van der Waals surface area (Å²) in [6, 6.07) is 34.2. The van der Waals surface area contributed by atoms with Crippen molar-refractivity contribution in [3.8, 4) is 0 Å². The molecule has 0 spiro atoms. The second-order valence-electron chi connectivity index (χ2n) is 35.1. The van der Waals surface area contributed by atoms with Crippen molar-refractivity contribution in [3.05, 3.63) is 213 Å². The first-order valence-electron chi connectivity index (χ1n) is 44.3. The molecule has 133 heavy (non-hydrogen) atoms. The average Bonchev–Trinajstić information content (AvgIpc) is 1.75. The standard InChI is InChI=1S/C26H32N2O9.C18H24N2O5.C16H22O11.C15H22N2Si.C12H14N2.C8H21NOSi2/c1-6-19-7-9-20(10-8-19)11-21-12-27-28(13-21)26-25(36-18(5)32)24(35-17(4)31)23(34-16(3)30)22(37-26)14-33-15(2)29;1-2-11-3-5-12(6-4-11)7-13-8-19-20(9-13)18-17(24)16(23)15(22)14(10-21)25-18;1-7(17)22-6-12-13(23-8(2)18)14(24-9(3)19)15(25-10(4)20)16(27-12)26-11(5)21;1-5-13-6-8-14(9-7-13)10-15-11-16-17(12-15)18(2,3)4;1-2-10-3-5-11(6-4-10)7-12-8-13-14-9-12;1-8(9-11(2,3)4)10-12(5,6)7/h7-10,12-13,22-26H,6,11,14H2,1-5H3;3-6,8-9,14-18,21-24H,2,7,10H2,1H3;12-16H,6H2,1-5H3;6-9,11-12H,5,10H2,1-4H3;3-6,8-9H,2,7H2,1H3,(H,13,14);1-7H3/t22-,23-,24+,25-,26?;14-,15-,16+,17-,18?;12-,13-,14+,15-,16-;;;/m111.../s1. The number of nitrogens with zero attached hydrogens (tertiary/aromatic N) is 8. The van der Waals surface area contributed by atoms with E-state index < -0.39 is 184 Å². The van der Waals surface area contributed by atoms with E-state index in [0.717, 1.165) is 101 Å². The van der Waals surface area contributed by atoms with Crippen LogP contribution in [-0.2, 0) is 156 Å². The lowest BCUT2D eigenvalue weighted by Gasteiger charge is -2.44. The molecule has 3 aliphatic heterocycles. The number of aryl methyl sites for hydroxylation is 4. The van der Waals surface area contributed by atoms with Gasteiger partial charge in [0.15, 0.2) is 65.3 Å². The van der Waals surface area contributed by atoms with E-state index in [4.69, 9.17) is 61.3 Å². The van der Waals surface area contributed by atoms with Gasteiger partial charge >= 0.3 is 53.7 Å². The minimum absolute atomic E-state index is 0.299. The van der Waals surface area contributed by atoms with E-state index in [-0.39, 0.29) is 6.61 Å². The highest BCUT2D eigenvalue weighted by molar-refractivity contribution is 6.76. The number of H-pyrrole nitrogens is 1. The van der Waals surface area contributed by atoms with Crippen LogP contribution in [0.25, 0.3) is 0 Å². The molecule has 11 rings (SSSR count). The summed E-state index contributed by atoms with van der Waals surface area (Å²) in [6.07, 6.45) is 3.66. The minimum atomic E-state index is -1.48. The van der Waals surface area contributed by atoms with Gasteiger partial charge in [-0.15, -0.1) is 0 Å². The molecule has 38 heteroatoms. The summed E-state index contributed by atoms with van der Waals surface area (Å²) >= 11 is 0. The van der Waals surface area contributed by atoms with Gasteiger partial charge in [-0.05, 0) is 151 Å². The van der Waals surface area contributed by atoms with Crippen LogP contribution < -0.4 is 0 Å². The number of ether oxygens (including phenoxy) is 12. The Morgan fingerprint density at radius 3 is 1.06 bits per heavy atom. The number of carbonyl (C=O) groups is 9. The number of esters is 9. The quantitative estimate of drug-likeness (QED) is 0.00955. The fourth-order valence-electron chi connectivity index (χ4n) is 14.0. The van der Waals surface area contributed by atoms with Crippen LogP contribution in [0.15, 0.2) is 151 Å². The largest absolute Gasteiger partial charge is 0.535 e. The molecular formula is C95H135N9O26Si3. The number of nitrogens with one attached hydrogen (secondary N) is 1. The third-order valence-corrected chi connectivity index (χ3v) is 23.6. The van der Waals surface area contributed by atoms with Crippen LogP contribution in [0.1, 0.15) is 176 Å². The molecule has 3 saturated heterocycles. The van der Waals surface area contributed by atoms with Gasteiger partial charge in [0.2, 0.25) is 20.7 Å². The first-order chi connectivity index (χ1) is 62.6. The van der Waals surface area contributed by atoms with E-state index in [2.05, 4.69) is 212 Å². The molecule has 2 unspecified atom stereocenters. The molecule has 15 atom stereocenters. The van der Waals surface area contributed by atoms with Crippen molar-refractivity contribution in [3.63, 3.8) is 0 Å². The van der Waals surface area contributed by atoms with Crippen LogP contribution >= 0.6 is 0 Å². The van der Waals surface area contributed by atoms with Crippen LogP contribution in [0.3, 0.4) is 0 Å². The minimum Gasteiger partial charge on any atom is -0.535 e. The number of rotatable bonds is 29. The van der Waals surface area contributed by atoms with Gasteiger partial charge in [-0.2, -0.15) is 20.4 Å². The van der Waals surface area contributed by atoms with Crippen molar-refractivity contribution in [1.29, 1.82) is 0 Å². The predicted molar refractivity (Wildman–Crippen MR) is 499 cm³/mol. The van der Waals surface area contributed by atoms with Gasteiger partial charge in [0, 0.05) is 120 Å². The lowest BCUT2D eigenvalue weighted by atomic mass is 9.97. The maximum atomic E-state index is 12.0. The molecule has 4 aromatic carbocycles. The highest BCUT2D eigenvalue weighted by Crippen LogP contribution is 2.36. The van der Waals surface area contributed by atoms with Crippen LogP contribution in [0.5, 0.6) is 0 Å². The van der Waals surface area contributed by atoms with Gasteiger partial charge in [-0.1, -0.05) is 125 Å². The average molecular weight is 1900 g/mol. The number of hydrogen-bond acceptors (Lipinski definition) is 31. The normalized spacial score (nSPS) is 21.5. The van der Waals surface area contributed by atoms with Crippen molar-refractivity contribution >= 4 is 84.4 Å². The second-order valence-corrected chi connectivity index (χ2v) is 48.9. The third kappa shape index (κ3) is 38.4. The van der Waals surface area contributed by atoms with Crippen molar-refractivity contribution in [2.75, 3.05) is 19.8 Å². The molecule has 0 aliphatic carbocycles. The summed E-state index contributed by atoms with van der Waals surface area (Å²) in [7, 11) is -4.10. The van der Waals surface area contributed by atoms with Gasteiger partial charge in [-0.25, -0.2) is 9.36 Å². The third-order valence-electron chi connectivity index (χ3n) is 20.1. The molecule has 4 aromatic heterocycles. The molecule has 0 radical (unpaired) electrons. The number of aromatic nitrogens is 8. The zero-order valence-corrected chi connectivity index (χ0v) is 83.6. The van der Waals surface area contributed by atoms with E-state index >= 15 is 0 Å². The number of carbonyl (C=O) groups excluding carboxylic acids is 9. The fraction of sp³-hybridized carbons (Fsp3) is 0.516. The summed E-state index contributed by atoms with van der Waals surface area (Å²) in [4.78, 5) is 104. The highest BCUT2D eigenvalue weighted by Gasteiger charge is 2.55. The molecule has 35 nitrogen and oxygen atoms in total. The van der Waals surface area contributed by atoms with E-state index in [0.29, 0.717) is 12.8 Å². The van der Waals surface area contributed by atoms with Crippen LogP contribution in [0, 0.1) is 0 Å². The molecule has 7 heterocycles. The van der Waals surface area contributed by atoms with Gasteiger partial charge < -0.3 is 86.0 Å². The number of aromatic amines is 1. The molecule has 3 fully saturated rings. The molecular weight excluding hydrogens is 1770 g/mol. The number of benzene rings is 4. The van der Waals surface area contributed by atoms with E-state index in [1.165, 1.54) is 81.6 Å². The molecule has 0 saturated carbocycles. The lowest BCUT2D eigenvalue weighted by molar-refractivity contribution is -0.300. The monoisotopic (exact) mass is 1900 g/mol. The smallest absolute Gasteiger partial charge is 0.305 e. The molecule has 728 valence electrons. The van der Waals surface area contributed by atoms with E-state index in [9.17, 15) is 63.6 Å². The van der Waals surface area contributed by atoms with Crippen LogP contribution in [-0.4, -0.2) is 243 Å².